The molecule has 0 amide bonds. The summed E-state index contributed by atoms with van der Waals surface area (Å²) in [6.45, 7) is 21.3. The molecule has 0 aromatic carbocycles. The molecule has 308 valence electrons. The largest absolute Gasteiger partial charge is 0.462 e. The van der Waals surface area contributed by atoms with E-state index < -0.39 is 126 Å². The van der Waals surface area contributed by atoms with Crippen LogP contribution in [-0.4, -0.2) is 129 Å². The highest BCUT2D eigenvalue weighted by molar-refractivity contribution is 5.78. The van der Waals surface area contributed by atoms with Gasteiger partial charge in [0.05, 0.1) is 28.3 Å². The highest BCUT2D eigenvalue weighted by atomic mass is 16.8. The first-order valence-electron chi connectivity index (χ1n) is 17.8. The highest BCUT2D eigenvalue weighted by Gasteiger charge is 2.58. The highest BCUT2D eigenvalue weighted by Crippen LogP contribution is 2.39. The van der Waals surface area contributed by atoms with E-state index in [1.807, 2.05) is 0 Å². The van der Waals surface area contributed by atoms with Crippen LogP contribution < -0.4 is 0 Å². The van der Waals surface area contributed by atoms with Gasteiger partial charge in [-0.05, 0) is 96.9 Å². The lowest BCUT2D eigenvalue weighted by atomic mass is 9.92. The number of hydrogen-bond donors (Lipinski definition) is 2. The van der Waals surface area contributed by atoms with E-state index in [2.05, 4.69) is 0 Å². The molecular formula is C37H64O16. The topological polar surface area (TPSA) is 201 Å². The van der Waals surface area contributed by atoms with E-state index in [1.54, 1.807) is 96.9 Å². The van der Waals surface area contributed by atoms with Gasteiger partial charge in [0.25, 0.3) is 0 Å². The quantitative estimate of drug-likeness (QED) is 0.157. The molecule has 16 nitrogen and oxygen atoms in total. The summed E-state index contributed by atoms with van der Waals surface area (Å²) in [7, 11) is 2.75. The van der Waals surface area contributed by atoms with Gasteiger partial charge in [0.1, 0.15) is 37.1 Å². The van der Waals surface area contributed by atoms with Crippen LogP contribution in [0.15, 0.2) is 0 Å². The van der Waals surface area contributed by atoms with Crippen molar-refractivity contribution >= 4 is 23.9 Å². The van der Waals surface area contributed by atoms with Gasteiger partial charge in [-0.2, -0.15) is 0 Å². The van der Waals surface area contributed by atoms with E-state index in [0.29, 0.717) is 0 Å². The van der Waals surface area contributed by atoms with Gasteiger partial charge in [-0.15, -0.1) is 0 Å². The van der Waals surface area contributed by atoms with Crippen LogP contribution in [0.4, 0.5) is 0 Å². The number of carbonyl (C=O) groups excluding carboxylic acids is 4. The lowest BCUT2D eigenvalue weighted by Crippen LogP contribution is -2.65. The summed E-state index contributed by atoms with van der Waals surface area (Å²) in [5.41, 5.74) is -4.21. The van der Waals surface area contributed by atoms with Crippen molar-refractivity contribution in [2.24, 2.45) is 21.7 Å². The Kier molecular flexibility index (Phi) is 15.5. The second-order valence-corrected chi connectivity index (χ2v) is 18.0. The van der Waals surface area contributed by atoms with Crippen LogP contribution in [0.3, 0.4) is 0 Å². The molecule has 0 radical (unpaired) electrons. The van der Waals surface area contributed by atoms with Crippen LogP contribution in [0.1, 0.15) is 96.9 Å². The van der Waals surface area contributed by atoms with Gasteiger partial charge < -0.3 is 57.6 Å². The maximum Gasteiger partial charge on any atom is 0.311 e. The fraction of sp³-hybridized carbons (Fsp3) is 0.892. The summed E-state index contributed by atoms with van der Waals surface area (Å²) in [5.74, 6) is -4.13. The molecular weight excluding hydrogens is 700 g/mol. The molecule has 0 unspecified atom stereocenters. The molecule has 2 fully saturated rings. The van der Waals surface area contributed by atoms with Gasteiger partial charge in [0.15, 0.2) is 36.7 Å². The van der Waals surface area contributed by atoms with Crippen molar-refractivity contribution < 1.29 is 76.8 Å². The van der Waals surface area contributed by atoms with Crippen molar-refractivity contribution in [3.8, 4) is 0 Å². The molecule has 0 bridgehead atoms. The van der Waals surface area contributed by atoms with Gasteiger partial charge >= 0.3 is 23.9 Å². The minimum Gasteiger partial charge on any atom is -0.462 e. The van der Waals surface area contributed by atoms with Gasteiger partial charge in [-0.3, -0.25) is 19.2 Å². The molecule has 2 aliphatic heterocycles. The van der Waals surface area contributed by atoms with E-state index >= 15 is 0 Å². The Morgan fingerprint density at radius 2 is 1.08 bits per heavy atom. The number of methoxy groups -OCH3 is 2. The molecule has 0 aromatic rings. The zero-order chi connectivity index (χ0) is 41.1. The lowest BCUT2D eigenvalue weighted by Gasteiger charge is -2.47. The molecule has 9 atom stereocenters. The van der Waals surface area contributed by atoms with Gasteiger partial charge in [-0.1, -0.05) is 0 Å². The third-order valence-electron chi connectivity index (χ3n) is 8.23. The van der Waals surface area contributed by atoms with Crippen molar-refractivity contribution in [3.05, 3.63) is 0 Å². The number of rotatable bonds is 13. The van der Waals surface area contributed by atoms with Crippen molar-refractivity contribution in [3.63, 3.8) is 0 Å². The predicted octanol–water partition coefficient (Wildman–Crippen LogP) is 3.05. The van der Waals surface area contributed by atoms with E-state index in [1.165, 1.54) is 14.2 Å². The average molecular weight is 765 g/mol. The molecule has 16 heteroatoms. The van der Waals surface area contributed by atoms with Crippen LogP contribution in [0.5, 0.6) is 0 Å². The number of hydrogen-bond acceptors (Lipinski definition) is 16. The molecule has 0 aliphatic carbocycles. The average Bonchev–Trinajstić information content (AvgIpc) is 3.33. The summed E-state index contributed by atoms with van der Waals surface area (Å²) in [6, 6.07) is 0. The zero-order valence-electron chi connectivity index (χ0n) is 34.3. The van der Waals surface area contributed by atoms with Gasteiger partial charge in [0, 0.05) is 14.2 Å². The summed E-state index contributed by atoms with van der Waals surface area (Å²) < 4.78 is 59.7. The van der Waals surface area contributed by atoms with E-state index in [0.717, 1.165) is 0 Å². The normalized spacial score (nSPS) is 27.9. The Balaban J connectivity index is 2.87. The van der Waals surface area contributed by atoms with Gasteiger partial charge in [0.2, 0.25) is 0 Å². The number of aliphatic hydroxyl groups is 2. The Morgan fingerprint density at radius 1 is 0.660 bits per heavy atom. The summed E-state index contributed by atoms with van der Waals surface area (Å²) in [4.78, 5) is 53.7. The first kappa shape index (κ1) is 46.7. The molecule has 2 N–H and O–H groups in total. The third-order valence-corrected chi connectivity index (χ3v) is 8.23. The minimum atomic E-state index is -1.73. The van der Waals surface area contributed by atoms with Gasteiger partial charge in [-0.25, -0.2) is 0 Å². The molecule has 2 rings (SSSR count). The predicted molar refractivity (Wildman–Crippen MR) is 187 cm³/mol. The van der Waals surface area contributed by atoms with Crippen molar-refractivity contribution in [2.45, 2.75) is 164 Å². The molecule has 2 saturated heterocycles. The Hall–Kier alpha value is -2.44. The van der Waals surface area contributed by atoms with Crippen LogP contribution in [0, 0.1) is 21.7 Å². The first-order chi connectivity index (χ1) is 24.0. The van der Waals surface area contributed by atoms with Crippen molar-refractivity contribution in [1.29, 1.82) is 0 Å². The molecule has 0 aromatic heterocycles. The SMILES string of the molecule is COC(OC)[C@@H]1OC(C)(C)O[C@H]1[C@H](O[C@H]1O[C@H](COC(=O)C(C)(C)C)[C@@H](OC(=O)C(C)(C)C)[C@H](OC(=O)C(C)(C)C)[C@H]1OC(=O)C(C)(C)C)[C@H](O)CO. The summed E-state index contributed by atoms with van der Waals surface area (Å²) in [5, 5.41) is 21.5. The maximum absolute atomic E-state index is 13.6. The Labute approximate surface area is 313 Å². The molecule has 2 aliphatic rings. The van der Waals surface area contributed by atoms with E-state index in [-0.39, 0.29) is 0 Å². The fourth-order valence-electron chi connectivity index (χ4n) is 5.09. The van der Waals surface area contributed by atoms with Crippen molar-refractivity contribution in [1.82, 2.24) is 0 Å². The third kappa shape index (κ3) is 12.5. The Bertz CT molecular complexity index is 1250. The van der Waals surface area contributed by atoms with E-state index in [4.69, 9.17) is 47.4 Å². The van der Waals surface area contributed by atoms with Crippen LogP contribution in [0.2, 0.25) is 0 Å². The number of carbonyl (C=O) groups is 4. The second kappa shape index (κ2) is 17.6. The summed E-state index contributed by atoms with van der Waals surface area (Å²) >= 11 is 0. The van der Waals surface area contributed by atoms with Crippen LogP contribution in [-0.2, 0) is 66.5 Å². The standard InChI is InChI=1S/C37H64O16/c1-33(2,3)29(40)46-18-20-22(49-30(41)34(4,5)6)23(50-31(42)35(7,8)9)25(51-32(43)36(10,11)12)28(47-20)48-21(19(39)17-38)24-26(27(44-15)45-16)53-37(13,14)52-24/h19-28,38-39H,17-18H2,1-16H3/t19-,20-,21-,22-,23+,24+,25-,26-,28-/m1/s1. The van der Waals surface area contributed by atoms with Crippen molar-refractivity contribution in [2.75, 3.05) is 27.4 Å². The van der Waals surface area contributed by atoms with E-state index in [9.17, 15) is 29.4 Å². The number of aliphatic hydroxyl groups excluding tert-OH is 2. The Morgan fingerprint density at radius 3 is 1.49 bits per heavy atom. The summed E-state index contributed by atoms with van der Waals surface area (Å²) in [6.07, 6.45) is -14.4. The first-order valence-corrected chi connectivity index (χ1v) is 17.8. The lowest BCUT2D eigenvalue weighted by molar-refractivity contribution is -0.334. The second-order valence-electron chi connectivity index (χ2n) is 18.0. The molecule has 2 heterocycles. The van der Waals surface area contributed by atoms with Crippen LogP contribution >= 0.6 is 0 Å². The minimum absolute atomic E-state index is 0.525. The number of esters is 4. The maximum atomic E-state index is 13.6. The molecule has 0 spiro atoms. The number of ether oxygens (including phenoxy) is 10. The smallest absolute Gasteiger partial charge is 0.311 e. The molecule has 53 heavy (non-hydrogen) atoms. The fourth-order valence-corrected chi connectivity index (χ4v) is 5.09. The van der Waals surface area contributed by atoms with Crippen LogP contribution in [0.25, 0.3) is 0 Å². The monoisotopic (exact) mass is 764 g/mol. The zero-order valence-corrected chi connectivity index (χ0v) is 34.3. The molecule has 0 saturated carbocycles.